The molecule has 1 aromatic heterocycles. The van der Waals surface area contributed by atoms with Gasteiger partial charge in [-0.1, -0.05) is 41.9 Å². The number of hydrogen-bond donors (Lipinski definition) is 1. The Hall–Kier alpha value is -2.87. The van der Waals surface area contributed by atoms with Gasteiger partial charge in [-0.05, 0) is 36.8 Å². The molecule has 0 spiro atoms. The van der Waals surface area contributed by atoms with Crippen LogP contribution >= 0.6 is 11.6 Å². The number of amides is 1. The fourth-order valence-corrected chi connectivity index (χ4v) is 4.31. The molecule has 1 fully saturated rings. The first-order valence-corrected chi connectivity index (χ1v) is 11.0. The molecular weight excluding hydrogens is 428 g/mol. The number of para-hydroxylation sites is 1. The van der Waals surface area contributed by atoms with Gasteiger partial charge in [-0.2, -0.15) is 5.10 Å². The van der Waals surface area contributed by atoms with Crippen LogP contribution in [0.15, 0.2) is 54.6 Å². The van der Waals surface area contributed by atoms with Crippen LogP contribution in [0.2, 0.25) is 5.15 Å². The molecule has 1 N–H and O–H groups in total. The Kier molecular flexibility index (Phi) is 7.09. The SMILES string of the molecule is COc1ccc(C(CNC(=O)c2c(C)nn(-c3ccccc3)c2Cl)N2CCOCC2)cc1. The molecular formula is C24H27ClN4O3. The number of methoxy groups -OCH3 is 1. The highest BCUT2D eigenvalue weighted by molar-refractivity contribution is 6.33. The topological polar surface area (TPSA) is 68.6 Å². The summed E-state index contributed by atoms with van der Waals surface area (Å²) < 4.78 is 12.4. The molecule has 4 rings (SSSR count). The Labute approximate surface area is 192 Å². The van der Waals surface area contributed by atoms with E-state index in [4.69, 9.17) is 21.1 Å². The van der Waals surface area contributed by atoms with Gasteiger partial charge in [0.25, 0.3) is 5.91 Å². The van der Waals surface area contributed by atoms with Gasteiger partial charge in [-0.15, -0.1) is 0 Å². The highest BCUT2D eigenvalue weighted by Gasteiger charge is 2.26. The molecule has 2 heterocycles. The van der Waals surface area contributed by atoms with E-state index in [1.54, 1.807) is 18.7 Å². The highest BCUT2D eigenvalue weighted by Crippen LogP contribution is 2.26. The van der Waals surface area contributed by atoms with Gasteiger partial charge in [0.15, 0.2) is 0 Å². The third-order valence-electron chi connectivity index (χ3n) is 5.67. The number of ether oxygens (including phenoxy) is 2. The number of aromatic nitrogens is 2. The van der Waals surface area contributed by atoms with Crippen molar-refractivity contribution in [2.24, 2.45) is 0 Å². The fourth-order valence-electron chi connectivity index (χ4n) is 3.95. The second-order valence-electron chi connectivity index (χ2n) is 7.65. The van der Waals surface area contributed by atoms with Crippen molar-refractivity contribution in [3.8, 4) is 11.4 Å². The first kappa shape index (κ1) is 22.3. The summed E-state index contributed by atoms with van der Waals surface area (Å²) >= 11 is 6.57. The maximum absolute atomic E-state index is 13.1. The van der Waals surface area contributed by atoms with Crippen molar-refractivity contribution < 1.29 is 14.3 Å². The van der Waals surface area contributed by atoms with Gasteiger partial charge in [0.2, 0.25) is 0 Å². The minimum absolute atomic E-state index is 0.0111. The van der Waals surface area contributed by atoms with Gasteiger partial charge in [-0.25, -0.2) is 4.68 Å². The van der Waals surface area contributed by atoms with Gasteiger partial charge in [0, 0.05) is 19.6 Å². The van der Waals surface area contributed by atoms with Crippen LogP contribution in [0.5, 0.6) is 5.75 Å². The summed E-state index contributed by atoms with van der Waals surface area (Å²) in [5, 5.41) is 7.86. The smallest absolute Gasteiger partial charge is 0.256 e. The van der Waals surface area contributed by atoms with E-state index < -0.39 is 0 Å². The Balaban J connectivity index is 1.54. The van der Waals surface area contributed by atoms with Crippen molar-refractivity contribution in [2.75, 3.05) is 40.0 Å². The van der Waals surface area contributed by atoms with Crippen LogP contribution in [0.25, 0.3) is 5.69 Å². The van der Waals surface area contributed by atoms with E-state index in [-0.39, 0.29) is 11.9 Å². The Morgan fingerprint density at radius 3 is 2.50 bits per heavy atom. The van der Waals surface area contributed by atoms with Crippen molar-refractivity contribution in [3.63, 3.8) is 0 Å². The van der Waals surface area contributed by atoms with Crippen LogP contribution < -0.4 is 10.1 Å². The predicted octanol–water partition coefficient (Wildman–Crippen LogP) is 3.65. The molecule has 0 bridgehead atoms. The van der Waals surface area contributed by atoms with Gasteiger partial charge in [-0.3, -0.25) is 9.69 Å². The first-order chi connectivity index (χ1) is 15.6. The van der Waals surface area contributed by atoms with Crippen molar-refractivity contribution >= 4 is 17.5 Å². The molecule has 3 aromatic rings. The lowest BCUT2D eigenvalue weighted by molar-refractivity contribution is 0.0162. The van der Waals surface area contributed by atoms with Crippen molar-refractivity contribution in [1.29, 1.82) is 0 Å². The monoisotopic (exact) mass is 454 g/mol. The lowest BCUT2D eigenvalue weighted by Crippen LogP contribution is -2.43. The largest absolute Gasteiger partial charge is 0.497 e. The molecule has 0 radical (unpaired) electrons. The number of carbonyl (C=O) groups excluding carboxylic acids is 1. The average molecular weight is 455 g/mol. The lowest BCUT2D eigenvalue weighted by Gasteiger charge is -2.35. The van der Waals surface area contributed by atoms with Gasteiger partial charge in [0.1, 0.15) is 10.9 Å². The number of rotatable bonds is 7. The third-order valence-corrected chi connectivity index (χ3v) is 6.02. The predicted molar refractivity (Wildman–Crippen MR) is 124 cm³/mol. The Bertz CT molecular complexity index is 1050. The number of carbonyl (C=O) groups is 1. The molecule has 0 saturated carbocycles. The second-order valence-corrected chi connectivity index (χ2v) is 8.00. The minimum Gasteiger partial charge on any atom is -0.497 e. The van der Waals surface area contributed by atoms with Crippen LogP contribution in [0, 0.1) is 6.92 Å². The van der Waals surface area contributed by atoms with Gasteiger partial charge < -0.3 is 14.8 Å². The summed E-state index contributed by atoms with van der Waals surface area (Å²) in [5.41, 5.74) is 2.90. The molecule has 8 heteroatoms. The molecule has 1 amide bonds. The number of aryl methyl sites for hydroxylation is 1. The molecule has 1 aliphatic rings. The lowest BCUT2D eigenvalue weighted by atomic mass is 10.0. The molecule has 2 aromatic carbocycles. The number of halogens is 1. The van der Waals surface area contributed by atoms with Crippen molar-refractivity contribution in [3.05, 3.63) is 76.6 Å². The highest BCUT2D eigenvalue weighted by atomic mass is 35.5. The molecule has 1 unspecified atom stereocenters. The summed E-state index contributed by atoms with van der Waals surface area (Å²) in [6.07, 6.45) is 0. The Morgan fingerprint density at radius 2 is 1.84 bits per heavy atom. The van der Waals surface area contributed by atoms with Gasteiger partial charge >= 0.3 is 0 Å². The third kappa shape index (κ3) is 4.80. The zero-order valence-corrected chi connectivity index (χ0v) is 19.0. The first-order valence-electron chi connectivity index (χ1n) is 10.6. The van der Waals surface area contributed by atoms with E-state index in [0.29, 0.717) is 36.2 Å². The maximum atomic E-state index is 13.1. The fraction of sp³-hybridized carbons (Fsp3) is 0.333. The molecule has 1 saturated heterocycles. The van der Waals surface area contributed by atoms with Crippen LogP contribution in [0.4, 0.5) is 0 Å². The van der Waals surface area contributed by atoms with Crippen LogP contribution in [0.1, 0.15) is 27.7 Å². The summed E-state index contributed by atoms with van der Waals surface area (Å²) in [6.45, 7) is 5.20. The van der Waals surface area contributed by atoms with E-state index in [1.165, 1.54) is 0 Å². The van der Waals surface area contributed by atoms with Crippen molar-refractivity contribution in [1.82, 2.24) is 20.0 Å². The zero-order chi connectivity index (χ0) is 22.5. The average Bonchev–Trinajstić information content (AvgIpc) is 3.14. The zero-order valence-electron chi connectivity index (χ0n) is 18.3. The van der Waals surface area contributed by atoms with Gasteiger partial charge in [0.05, 0.1) is 43.3 Å². The Morgan fingerprint density at radius 1 is 1.16 bits per heavy atom. The number of benzene rings is 2. The number of nitrogens with one attached hydrogen (secondary N) is 1. The summed E-state index contributed by atoms with van der Waals surface area (Å²) in [5.74, 6) is 0.565. The van der Waals surface area contributed by atoms with E-state index in [2.05, 4.69) is 15.3 Å². The minimum atomic E-state index is -0.235. The van der Waals surface area contributed by atoms with E-state index >= 15 is 0 Å². The van der Waals surface area contributed by atoms with Crippen molar-refractivity contribution in [2.45, 2.75) is 13.0 Å². The molecule has 1 aliphatic heterocycles. The quantitative estimate of drug-likeness (QED) is 0.590. The second kappa shape index (κ2) is 10.2. The molecule has 0 aliphatic carbocycles. The van der Waals surface area contributed by atoms with E-state index in [9.17, 15) is 4.79 Å². The van der Waals surface area contributed by atoms with Crippen LogP contribution in [-0.4, -0.2) is 60.5 Å². The van der Waals surface area contributed by atoms with Crippen LogP contribution in [-0.2, 0) is 4.74 Å². The standard InChI is InChI=1S/C24H27ClN4O3/c1-17-22(23(25)29(27-17)19-6-4-3-5-7-19)24(30)26-16-21(28-12-14-32-15-13-28)18-8-10-20(31-2)11-9-18/h3-11,21H,12-16H2,1-2H3,(H,26,30). The van der Waals surface area contributed by atoms with E-state index in [0.717, 1.165) is 30.1 Å². The summed E-state index contributed by atoms with van der Waals surface area (Å²) in [7, 11) is 1.65. The molecule has 32 heavy (non-hydrogen) atoms. The molecule has 7 nitrogen and oxygen atoms in total. The normalized spacial score (nSPS) is 15.3. The van der Waals surface area contributed by atoms with Crippen LogP contribution in [0.3, 0.4) is 0 Å². The molecule has 1 atom stereocenters. The summed E-state index contributed by atoms with van der Waals surface area (Å²) in [4.78, 5) is 15.5. The number of nitrogens with zero attached hydrogens (tertiary/aromatic N) is 3. The summed E-state index contributed by atoms with van der Waals surface area (Å²) in [6, 6.07) is 17.5. The van der Waals surface area contributed by atoms with E-state index in [1.807, 2.05) is 54.6 Å². The molecule has 168 valence electrons. The number of morpholine rings is 1. The number of hydrogen-bond acceptors (Lipinski definition) is 5. The maximum Gasteiger partial charge on any atom is 0.256 e.